The minimum absolute atomic E-state index is 0.602. The summed E-state index contributed by atoms with van der Waals surface area (Å²) in [6.45, 7) is 18.4. The van der Waals surface area contributed by atoms with E-state index in [0.717, 1.165) is 30.0 Å². The zero-order valence-corrected chi connectivity index (χ0v) is 13.5. The third kappa shape index (κ3) is 6.15. The van der Waals surface area contributed by atoms with Gasteiger partial charge in [-0.25, -0.2) is 0 Å². The average molecular weight is 329 g/mol. The molecule has 0 rings (SSSR count). The van der Waals surface area contributed by atoms with Gasteiger partial charge >= 0.3 is 104 Å². The van der Waals surface area contributed by atoms with Crippen molar-refractivity contribution < 1.29 is 7.87 Å². The van der Waals surface area contributed by atoms with Crippen LogP contribution >= 0.6 is 0 Å². The van der Waals surface area contributed by atoms with Crippen LogP contribution in [-0.4, -0.2) is 25.3 Å². The summed E-state index contributed by atoms with van der Waals surface area (Å²) in [6, 6.07) is 0. The number of rotatable bonds is 8. The molecule has 2 nitrogen and oxygen atoms in total. The zero-order chi connectivity index (χ0) is 12.8. The Balaban J connectivity index is 5.00. The Kier molecular flexibility index (Phi) is 6.72. The van der Waals surface area contributed by atoms with Gasteiger partial charge < -0.3 is 0 Å². The molecule has 0 amide bonds. The van der Waals surface area contributed by atoms with Crippen molar-refractivity contribution in [3.05, 3.63) is 36.5 Å². The van der Waals surface area contributed by atoms with Gasteiger partial charge in [0.2, 0.25) is 0 Å². The molecule has 0 aromatic rings. The van der Waals surface area contributed by atoms with Crippen LogP contribution in [0.4, 0.5) is 0 Å². The molecule has 0 spiro atoms. The molecule has 90 valence electrons. The summed E-state index contributed by atoms with van der Waals surface area (Å²) in [6.07, 6.45) is 0. The summed E-state index contributed by atoms with van der Waals surface area (Å²) in [4.78, 5) is 10.7. The van der Waals surface area contributed by atoms with E-state index in [1.54, 1.807) is 0 Å². The van der Waals surface area contributed by atoms with E-state index in [1.165, 1.54) is 0 Å². The predicted octanol–water partition coefficient (Wildman–Crippen LogP) is 3.83. The van der Waals surface area contributed by atoms with E-state index in [4.69, 9.17) is 3.07 Å². The van der Waals surface area contributed by atoms with Crippen molar-refractivity contribution in [1.82, 2.24) is 0 Å². The zero-order valence-electron chi connectivity index (χ0n) is 10.6. The Morgan fingerprint density at radius 1 is 1.00 bits per heavy atom. The third-order valence-electron chi connectivity index (χ3n) is 2.17. The maximum absolute atomic E-state index is 10.7. The SMILES string of the molecule is C=C(C)[CH2][Sn]([CH2]C(=C)C)([CH2]C(=C)C)[O]C=O. The molecule has 0 aromatic carbocycles. The Morgan fingerprint density at radius 2 is 1.31 bits per heavy atom. The second kappa shape index (κ2) is 6.94. The third-order valence-corrected chi connectivity index (χ3v) is 14.6. The molecule has 3 heteroatoms. The van der Waals surface area contributed by atoms with Gasteiger partial charge in [0.15, 0.2) is 0 Å². The molecule has 0 aliphatic heterocycles. The van der Waals surface area contributed by atoms with Crippen LogP contribution < -0.4 is 0 Å². The van der Waals surface area contributed by atoms with E-state index in [0.29, 0.717) is 6.47 Å². The van der Waals surface area contributed by atoms with Crippen LogP contribution in [-0.2, 0) is 7.87 Å². The van der Waals surface area contributed by atoms with Gasteiger partial charge in [-0.3, -0.25) is 0 Å². The monoisotopic (exact) mass is 330 g/mol. The second-order valence-electron chi connectivity index (χ2n) is 4.80. The summed E-state index contributed by atoms with van der Waals surface area (Å²) in [5.41, 5.74) is 3.25. The van der Waals surface area contributed by atoms with Crippen molar-refractivity contribution in [2.45, 2.75) is 34.1 Å². The first-order chi connectivity index (χ1) is 7.31. The minimum atomic E-state index is -2.97. The topological polar surface area (TPSA) is 26.3 Å². The van der Waals surface area contributed by atoms with Crippen molar-refractivity contribution >= 4 is 25.3 Å². The van der Waals surface area contributed by atoms with Crippen molar-refractivity contribution in [3.8, 4) is 0 Å². The van der Waals surface area contributed by atoms with E-state index in [1.807, 2.05) is 20.8 Å². The van der Waals surface area contributed by atoms with Gasteiger partial charge in [-0.15, -0.1) is 0 Å². The molecule has 0 aliphatic carbocycles. The molecule has 0 radical (unpaired) electrons. The predicted molar refractivity (Wildman–Crippen MR) is 71.8 cm³/mol. The Hall–Kier alpha value is -0.511. The van der Waals surface area contributed by atoms with E-state index in [9.17, 15) is 4.79 Å². The van der Waals surface area contributed by atoms with Crippen molar-refractivity contribution in [2.75, 3.05) is 0 Å². The molecule has 0 heterocycles. The van der Waals surface area contributed by atoms with E-state index in [2.05, 4.69) is 19.7 Å². The van der Waals surface area contributed by atoms with Gasteiger partial charge in [0.05, 0.1) is 0 Å². The van der Waals surface area contributed by atoms with E-state index < -0.39 is 18.8 Å². The molecule has 0 unspecified atom stereocenters. The molecular formula is C13H22O2Sn. The molecule has 0 bridgehead atoms. The Bertz CT molecular complexity index is 264. The van der Waals surface area contributed by atoms with E-state index >= 15 is 0 Å². The number of hydrogen-bond acceptors (Lipinski definition) is 2. The Morgan fingerprint density at radius 3 is 1.50 bits per heavy atom. The number of carbonyl (C=O) groups is 1. The fourth-order valence-corrected chi connectivity index (χ4v) is 13.8. The maximum atomic E-state index is 10.7. The molecular weight excluding hydrogens is 307 g/mol. The fourth-order valence-electron chi connectivity index (χ4n) is 2.06. The molecule has 0 atom stereocenters. The van der Waals surface area contributed by atoms with E-state index in [-0.39, 0.29) is 0 Å². The van der Waals surface area contributed by atoms with Crippen LogP contribution in [0.2, 0.25) is 13.3 Å². The van der Waals surface area contributed by atoms with Crippen molar-refractivity contribution in [1.29, 1.82) is 0 Å². The van der Waals surface area contributed by atoms with Gasteiger partial charge in [0.25, 0.3) is 0 Å². The first-order valence-electron chi connectivity index (χ1n) is 5.36. The summed E-state index contributed by atoms with van der Waals surface area (Å²) < 4.78 is 8.07. The quantitative estimate of drug-likeness (QED) is 0.384. The van der Waals surface area contributed by atoms with Crippen LogP contribution in [0.25, 0.3) is 0 Å². The molecule has 16 heavy (non-hydrogen) atoms. The number of hydrogen-bond donors (Lipinski definition) is 0. The fraction of sp³-hybridized carbons (Fsp3) is 0.462. The van der Waals surface area contributed by atoms with Crippen LogP contribution in [0.1, 0.15) is 20.8 Å². The van der Waals surface area contributed by atoms with Crippen LogP contribution in [0.15, 0.2) is 36.5 Å². The molecule has 0 saturated heterocycles. The van der Waals surface area contributed by atoms with Gasteiger partial charge in [-0.1, -0.05) is 0 Å². The number of carbonyl (C=O) groups excluding carboxylic acids is 1. The van der Waals surface area contributed by atoms with Crippen molar-refractivity contribution in [2.24, 2.45) is 0 Å². The van der Waals surface area contributed by atoms with Crippen LogP contribution in [0.3, 0.4) is 0 Å². The molecule has 0 aromatic heterocycles. The summed E-state index contributed by atoms with van der Waals surface area (Å²) >= 11 is -2.97. The summed E-state index contributed by atoms with van der Waals surface area (Å²) in [7, 11) is 0. The molecule has 0 aliphatic rings. The van der Waals surface area contributed by atoms with Gasteiger partial charge in [-0.2, -0.15) is 0 Å². The second-order valence-corrected chi connectivity index (χ2v) is 15.3. The number of allylic oxidation sites excluding steroid dienone is 3. The van der Waals surface area contributed by atoms with Crippen LogP contribution in [0, 0.1) is 0 Å². The summed E-state index contributed by atoms with van der Waals surface area (Å²) in [5.74, 6) is 0. The average Bonchev–Trinajstić information content (AvgIpc) is 1.98. The van der Waals surface area contributed by atoms with Crippen molar-refractivity contribution in [3.63, 3.8) is 0 Å². The van der Waals surface area contributed by atoms with Gasteiger partial charge in [0, 0.05) is 0 Å². The van der Waals surface area contributed by atoms with Gasteiger partial charge in [0.1, 0.15) is 0 Å². The molecule has 0 fully saturated rings. The molecule has 0 saturated carbocycles. The van der Waals surface area contributed by atoms with Gasteiger partial charge in [-0.05, 0) is 0 Å². The molecule has 0 N–H and O–H groups in total. The Labute approximate surface area is 103 Å². The van der Waals surface area contributed by atoms with Crippen LogP contribution in [0.5, 0.6) is 0 Å². The first-order valence-corrected chi connectivity index (χ1v) is 12.6. The normalized spacial score (nSPS) is 10.7. The first kappa shape index (κ1) is 15.5. The standard InChI is InChI=1S/3C4H7.CH2O2.Sn/c3*1-4(2)3;2-1-3;/h3*1-2H2,3H3;1H,(H,2,3);/q;;;;+1/p-1. The summed E-state index contributed by atoms with van der Waals surface area (Å²) in [5, 5.41) is 0.